The molecule has 0 saturated carbocycles. The third kappa shape index (κ3) is 3.51. The van der Waals surface area contributed by atoms with E-state index in [4.69, 9.17) is 0 Å². The first kappa shape index (κ1) is 14.7. The normalized spacial score (nSPS) is 19.0. The molecule has 1 aliphatic rings. The Balaban J connectivity index is 1.57. The first-order chi connectivity index (χ1) is 10.7. The monoisotopic (exact) mass is 302 g/mol. The molecule has 1 aliphatic heterocycles. The number of aromatic amines is 1. The van der Waals surface area contributed by atoms with Gasteiger partial charge in [-0.25, -0.2) is 9.37 Å². The van der Waals surface area contributed by atoms with Crippen molar-refractivity contribution in [1.82, 2.24) is 20.2 Å². The summed E-state index contributed by atoms with van der Waals surface area (Å²) in [7, 11) is 0. The van der Waals surface area contributed by atoms with Gasteiger partial charge < -0.3 is 10.3 Å². The summed E-state index contributed by atoms with van der Waals surface area (Å²) in [5.41, 5.74) is 1.16. The van der Waals surface area contributed by atoms with Crippen molar-refractivity contribution >= 4 is 5.91 Å². The quantitative estimate of drug-likeness (QED) is 0.907. The van der Waals surface area contributed by atoms with E-state index < -0.39 is 0 Å². The van der Waals surface area contributed by atoms with Crippen LogP contribution in [0.25, 0.3) is 0 Å². The Morgan fingerprint density at radius 2 is 2.32 bits per heavy atom. The van der Waals surface area contributed by atoms with Crippen molar-refractivity contribution in [3.05, 3.63) is 53.9 Å². The molecule has 0 radical (unpaired) electrons. The van der Waals surface area contributed by atoms with Gasteiger partial charge in [-0.2, -0.15) is 0 Å². The maximum absolute atomic E-state index is 13.7. The van der Waals surface area contributed by atoms with E-state index in [2.05, 4.69) is 20.2 Å². The summed E-state index contributed by atoms with van der Waals surface area (Å²) in [5, 5.41) is 3.01. The number of likely N-dealkylation sites (tertiary alicyclic amines) is 1. The first-order valence-electron chi connectivity index (χ1n) is 7.47. The number of carbonyl (C=O) groups excluding carboxylic acids is 1. The number of amides is 1. The molecule has 1 aromatic heterocycles. The predicted octanol–water partition coefficient (Wildman–Crippen LogP) is 1.94. The maximum Gasteiger partial charge on any atom is 0.269 e. The number of halogens is 1. The van der Waals surface area contributed by atoms with E-state index in [0.717, 1.165) is 25.9 Å². The molecule has 0 aliphatic carbocycles. The SMILES string of the molecule is O=C(NC1CCCN(Cc2ccccc2F)C1)c1cnc[nH]1. The number of piperidine rings is 1. The predicted molar refractivity (Wildman–Crippen MR) is 80.8 cm³/mol. The number of hydrogen-bond acceptors (Lipinski definition) is 3. The Labute approximate surface area is 128 Å². The summed E-state index contributed by atoms with van der Waals surface area (Å²) in [6.45, 7) is 2.22. The topological polar surface area (TPSA) is 61.0 Å². The fraction of sp³-hybridized carbons (Fsp3) is 0.375. The summed E-state index contributed by atoms with van der Waals surface area (Å²) in [4.78, 5) is 20.9. The van der Waals surface area contributed by atoms with Gasteiger partial charge in [-0.3, -0.25) is 9.69 Å². The van der Waals surface area contributed by atoms with E-state index in [9.17, 15) is 9.18 Å². The molecule has 0 spiro atoms. The van der Waals surface area contributed by atoms with Crippen molar-refractivity contribution < 1.29 is 9.18 Å². The summed E-state index contributed by atoms with van der Waals surface area (Å²) in [6, 6.07) is 6.91. The number of benzene rings is 1. The van der Waals surface area contributed by atoms with Crippen LogP contribution in [-0.2, 0) is 6.54 Å². The van der Waals surface area contributed by atoms with Gasteiger partial charge in [0.05, 0.1) is 12.5 Å². The van der Waals surface area contributed by atoms with Gasteiger partial charge in [0.15, 0.2) is 0 Å². The molecule has 5 nitrogen and oxygen atoms in total. The Morgan fingerprint density at radius 3 is 3.09 bits per heavy atom. The highest BCUT2D eigenvalue weighted by Crippen LogP contribution is 2.16. The minimum atomic E-state index is -0.175. The molecule has 2 heterocycles. The van der Waals surface area contributed by atoms with Crippen LogP contribution in [0.15, 0.2) is 36.8 Å². The maximum atomic E-state index is 13.7. The van der Waals surface area contributed by atoms with Gasteiger partial charge in [0.2, 0.25) is 0 Å². The van der Waals surface area contributed by atoms with E-state index in [0.29, 0.717) is 17.8 Å². The molecule has 2 N–H and O–H groups in total. The molecule has 1 fully saturated rings. The molecule has 3 rings (SSSR count). The summed E-state index contributed by atoms with van der Waals surface area (Å²) < 4.78 is 13.7. The van der Waals surface area contributed by atoms with Gasteiger partial charge in [-0.15, -0.1) is 0 Å². The lowest BCUT2D eigenvalue weighted by Crippen LogP contribution is -2.47. The van der Waals surface area contributed by atoms with E-state index in [1.165, 1.54) is 18.6 Å². The van der Waals surface area contributed by atoms with Crippen molar-refractivity contribution in [3.8, 4) is 0 Å². The molecule has 116 valence electrons. The van der Waals surface area contributed by atoms with Crippen molar-refractivity contribution in [2.75, 3.05) is 13.1 Å². The number of hydrogen-bond donors (Lipinski definition) is 2. The number of nitrogens with one attached hydrogen (secondary N) is 2. The molecule has 1 unspecified atom stereocenters. The van der Waals surface area contributed by atoms with Crippen LogP contribution in [0.1, 0.15) is 28.9 Å². The van der Waals surface area contributed by atoms with E-state index in [1.807, 2.05) is 12.1 Å². The largest absolute Gasteiger partial charge is 0.347 e. The van der Waals surface area contributed by atoms with Crippen LogP contribution >= 0.6 is 0 Å². The second kappa shape index (κ2) is 6.70. The zero-order valence-corrected chi connectivity index (χ0v) is 12.3. The van der Waals surface area contributed by atoms with Crippen LogP contribution in [0.3, 0.4) is 0 Å². The number of H-pyrrole nitrogens is 1. The Hall–Kier alpha value is -2.21. The van der Waals surface area contributed by atoms with Gasteiger partial charge in [0, 0.05) is 24.7 Å². The number of nitrogens with zero attached hydrogens (tertiary/aromatic N) is 2. The lowest BCUT2D eigenvalue weighted by molar-refractivity contribution is 0.0895. The first-order valence-corrected chi connectivity index (χ1v) is 7.47. The standard InChI is InChI=1S/C16H19FN4O/c17-14-6-2-1-4-12(14)9-21-7-3-5-13(10-21)20-16(22)15-8-18-11-19-15/h1-2,4,6,8,11,13H,3,5,7,9-10H2,(H,18,19)(H,20,22). The summed E-state index contributed by atoms with van der Waals surface area (Å²) in [5.74, 6) is -0.318. The summed E-state index contributed by atoms with van der Waals surface area (Å²) in [6.07, 6.45) is 4.92. The lowest BCUT2D eigenvalue weighted by atomic mass is 10.0. The summed E-state index contributed by atoms with van der Waals surface area (Å²) >= 11 is 0. The number of rotatable bonds is 4. The highest BCUT2D eigenvalue weighted by Gasteiger charge is 2.22. The zero-order chi connectivity index (χ0) is 15.4. The molecule has 22 heavy (non-hydrogen) atoms. The van der Waals surface area contributed by atoms with Gasteiger partial charge in [0.1, 0.15) is 11.5 Å². The third-order valence-electron chi connectivity index (χ3n) is 3.94. The van der Waals surface area contributed by atoms with E-state index >= 15 is 0 Å². The van der Waals surface area contributed by atoms with Crippen LogP contribution in [0.2, 0.25) is 0 Å². The lowest BCUT2D eigenvalue weighted by Gasteiger charge is -2.33. The smallest absolute Gasteiger partial charge is 0.269 e. The highest BCUT2D eigenvalue weighted by molar-refractivity contribution is 5.92. The molecular formula is C16H19FN4O. The molecule has 1 aromatic carbocycles. The van der Waals surface area contributed by atoms with Crippen LogP contribution in [0.5, 0.6) is 0 Å². The van der Waals surface area contributed by atoms with E-state index in [-0.39, 0.29) is 17.8 Å². The molecular weight excluding hydrogens is 283 g/mol. The Bertz CT molecular complexity index is 629. The minimum absolute atomic E-state index is 0.0799. The molecule has 1 saturated heterocycles. The fourth-order valence-corrected chi connectivity index (χ4v) is 2.83. The second-order valence-electron chi connectivity index (χ2n) is 5.60. The van der Waals surface area contributed by atoms with Crippen LogP contribution in [0, 0.1) is 5.82 Å². The van der Waals surface area contributed by atoms with Gasteiger partial charge >= 0.3 is 0 Å². The van der Waals surface area contributed by atoms with Gasteiger partial charge in [-0.1, -0.05) is 18.2 Å². The average Bonchev–Trinajstić information content (AvgIpc) is 3.04. The highest BCUT2D eigenvalue weighted by atomic mass is 19.1. The van der Waals surface area contributed by atoms with Crippen molar-refractivity contribution in [2.24, 2.45) is 0 Å². The molecule has 1 amide bonds. The molecule has 0 bridgehead atoms. The van der Waals surface area contributed by atoms with Crippen LogP contribution < -0.4 is 5.32 Å². The number of imidazole rings is 1. The molecule has 2 aromatic rings. The van der Waals surface area contributed by atoms with Crippen LogP contribution in [0.4, 0.5) is 4.39 Å². The molecule has 1 atom stereocenters. The zero-order valence-electron chi connectivity index (χ0n) is 12.3. The Morgan fingerprint density at radius 1 is 1.45 bits per heavy atom. The van der Waals surface area contributed by atoms with Crippen LogP contribution in [-0.4, -0.2) is 39.9 Å². The van der Waals surface area contributed by atoms with Crippen molar-refractivity contribution in [2.45, 2.75) is 25.4 Å². The fourth-order valence-electron chi connectivity index (χ4n) is 2.83. The van der Waals surface area contributed by atoms with Crippen molar-refractivity contribution in [1.29, 1.82) is 0 Å². The number of carbonyl (C=O) groups is 1. The Kier molecular flexibility index (Phi) is 4.48. The van der Waals surface area contributed by atoms with Crippen molar-refractivity contribution in [3.63, 3.8) is 0 Å². The second-order valence-corrected chi connectivity index (χ2v) is 5.60. The third-order valence-corrected chi connectivity index (χ3v) is 3.94. The van der Waals surface area contributed by atoms with E-state index in [1.54, 1.807) is 6.07 Å². The molecule has 6 heteroatoms. The van der Waals surface area contributed by atoms with Gasteiger partial charge in [-0.05, 0) is 25.5 Å². The number of aromatic nitrogens is 2. The average molecular weight is 302 g/mol. The van der Waals surface area contributed by atoms with Gasteiger partial charge in [0.25, 0.3) is 5.91 Å². The minimum Gasteiger partial charge on any atom is -0.347 e.